The third kappa shape index (κ3) is 4.72. The summed E-state index contributed by atoms with van der Waals surface area (Å²) in [7, 11) is 3.17. The quantitative estimate of drug-likeness (QED) is 0.758. The van der Waals surface area contributed by atoms with Crippen LogP contribution < -0.4 is 14.8 Å². The van der Waals surface area contributed by atoms with E-state index in [9.17, 15) is 9.90 Å². The molecule has 128 valence electrons. The van der Waals surface area contributed by atoms with Gasteiger partial charge in [0.05, 0.1) is 14.2 Å². The number of rotatable bonds is 7. The van der Waals surface area contributed by atoms with Crippen LogP contribution in [-0.4, -0.2) is 31.8 Å². The Hall–Kier alpha value is -2.05. The number of methoxy groups -OCH3 is 2. The Morgan fingerprint density at radius 2 is 1.79 bits per heavy atom. The summed E-state index contributed by atoms with van der Waals surface area (Å²) in [4.78, 5) is 12.0. The molecule has 1 atom stereocenters. The van der Waals surface area contributed by atoms with Gasteiger partial charge in [0, 0.05) is 11.0 Å². The third-order valence-corrected chi connectivity index (χ3v) is 4.12. The summed E-state index contributed by atoms with van der Waals surface area (Å²) in [5, 5.41) is 12.8. The Morgan fingerprint density at radius 3 is 2.42 bits per heavy atom. The van der Waals surface area contributed by atoms with E-state index < -0.39 is 12.0 Å². The molecule has 2 rings (SSSR count). The Labute approximate surface area is 149 Å². The number of hydrogen-bond acceptors (Lipinski definition) is 4. The Kier molecular flexibility index (Phi) is 6.63. The van der Waals surface area contributed by atoms with Gasteiger partial charge >= 0.3 is 0 Å². The Morgan fingerprint density at radius 1 is 1.12 bits per heavy atom. The zero-order valence-corrected chi connectivity index (χ0v) is 15.2. The van der Waals surface area contributed by atoms with Crippen molar-refractivity contribution in [2.75, 3.05) is 20.8 Å². The number of amides is 1. The average molecular weight is 394 g/mol. The Balaban J connectivity index is 1.89. The molecule has 0 aliphatic carbocycles. The number of halogens is 1. The lowest BCUT2D eigenvalue weighted by atomic mass is 10.1. The van der Waals surface area contributed by atoms with Gasteiger partial charge in [0.15, 0.2) is 17.6 Å². The van der Waals surface area contributed by atoms with E-state index in [1.807, 2.05) is 18.2 Å². The number of benzene rings is 2. The molecule has 0 saturated heterocycles. The molecule has 1 unspecified atom stereocenters. The second-order valence-corrected chi connectivity index (χ2v) is 6.10. The Bertz CT molecular complexity index is 688. The van der Waals surface area contributed by atoms with Crippen molar-refractivity contribution in [1.82, 2.24) is 5.32 Å². The molecule has 0 fully saturated rings. The van der Waals surface area contributed by atoms with Crippen LogP contribution in [0.5, 0.6) is 11.5 Å². The lowest BCUT2D eigenvalue weighted by Gasteiger charge is -2.13. The lowest BCUT2D eigenvalue weighted by Crippen LogP contribution is -2.30. The molecule has 0 saturated carbocycles. The van der Waals surface area contributed by atoms with Gasteiger partial charge in [0.2, 0.25) is 0 Å². The largest absolute Gasteiger partial charge is 0.493 e. The van der Waals surface area contributed by atoms with Crippen LogP contribution in [0, 0.1) is 0 Å². The standard InChI is InChI=1S/C18H20BrNO4/c1-23-15-8-3-12(11-16(15)24-2)9-10-20-18(22)17(21)13-4-6-14(19)7-5-13/h3-8,11,17,21H,9-10H2,1-2H3,(H,20,22). The van der Waals surface area contributed by atoms with Crippen LogP contribution >= 0.6 is 15.9 Å². The molecule has 2 N–H and O–H groups in total. The van der Waals surface area contributed by atoms with Crippen LogP contribution in [-0.2, 0) is 11.2 Å². The van der Waals surface area contributed by atoms with Crippen molar-refractivity contribution in [2.24, 2.45) is 0 Å². The summed E-state index contributed by atoms with van der Waals surface area (Å²) < 4.78 is 11.3. The number of carbonyl (C=O) groups excluding carboxylic acids is 1. The topological polar surface area (TPSA) is 67.8 Å². The van der Waals surface area contributed by atoms with Crippen molar-refractivity contribution >= 4 is 21.8 Å². The summed E-state index contributed by atoms with van der Waals surface area (Å²) in [5.74, 6) is 0.893. The van der Waals surface area contributed by atoms with E-state index in [0.717, 1.165) is 10.0 Å². The second kappa shape index (κ2) is 8.70. The van der Waals surface area contributed by atoms with Crippen molar-refractivity contribution < 1.29 is 19.4 Å². The van der Waals surface area contributed by atoms with E-state index in [4.69, 9.17) is 9.47 Å². The maximum Gasteiger partial charge on any atom is 0.253 e. The van der Waals surface area contributed by atoms with Crippen molar-refractivity contribution in [1.29, 1.82) is 0 Å². The van der Waals surface area contributed by atoms with Crippen molar-refractivity contribution in [3.05, 3.63) is 58.1 Å². The molecule has 0 aromatic heterocycles. The molecule has 0 bridgehead atoms. The molecular weight excluding hydrogens is 374 g/mol. The van der Waals surface area contributed by atoms with Crippen LogP contribution in [0.15, 0.2) is 46.9 Å². The fourth-order valence-corrected chi connectivity index (χ4v) is 2.52. The molecule has 0 spiro atoms. The number of carbonyl (C=O) groups is 1. The fourth-order valence-electron chi connectivity index (χ4n) is 2.26. The highest BCUT2D eigenvalue weighted by molar-refractivity contribution is 9.10. The number of nitrogens with one attached hydrogen (secondary N) is 1. The van der Waals surface area contributed by atoms with Gasteiger partial charge in [-0.05, 0) is 41.8 Å². The van der Waals surface area contributed by atoms with Crippen LogP contribution in [0.1, 0.15) is 17.2 Å². The van der Waals surface area contributed by atoms with E-state index in [-0.39, 0.29) is 0 Å². The molecule has 0 radical (unpaired) electrons. The van der Waals surface area contributed by atoms with E-state index in [1.165, 1.54) is 0 Å². The molecule has 6 heteroatoms. The molecule has 0 aliphatic rings. The predicted octanol–water partition coefficient (Wildman–Crippen LogP) is 2.86. The molecular formula is C18H20BrNO4. The van der Waals surface area contributed by atoms with E-state index >= 15 is 0 Å². The maximum absolute atomic E-state index is 12.0. The monoisotopic (exact) mass is 393 g/mol. The number of ether oxygens (including phenoxy) is 2. The molecule has 0 heterocycles. The van der Waals surface area contributed by atoms with Gasteiger partial charge in [-0.2, -0.15) is 0 Å². The van der Waals surface area contributed by atoms with Gasteiger partial charge in [-0.1, -0.05) is 34.1 Å². The minimum atomic E-state index is -1.18. The first-order valence-corrected chi connectivity index (χ1v) is 8.26. The zero-order valence-electron chi connectivity index (χ0n) is 13.6. The molecule has 0 aliphatic heterocycles. The predicted molar refractivity (Wildman–Crippen MR) is 95.4 cm³/mol. The highest BCUT2D eigenvalue weighted by Gasteiger charge is 2.16. The van der Waals surface area contributed by atoms with Crippen LogP contribution in [0.25, 0.3) is 0 Å². The first-order chi connectivity index (χ1) is 11.5. The highest BCUT2D eigenvalue weighted by Crippen LogP contribution is 2.27. The van der Waals surface area contributed by atoms with Gasteiger partial charge < -0.3 is 19.9 Å². The SMILES string of the molecule is COc1ccc(CCNC(=O)C(O)c2ccc(Br)cc2)cc1OC. The number of aliphatic hydroxyl groups excluding tert-OH is 1. The smallest absolute Gasteiger partial charge is 0.253 e. The summed E-state index contributed by atoms with van der Waals surface area (Å²) >= 11 is 3.32. The van der Waals surface area contributed by atoms with E-state index in [0.29, 0.717) is 30.0 Å². The van der Waals surface area contributed by atoms with E-state index in [2.05, 4.69) is 21.2 Å². The first-order valence-electron chi connectivity index (χ1n) is 7.47. The van der Waals surface area contributed by atoms with Crippen molar-refractivity contribution in [2.45, 2.75) is 12.5 Å². The van der Waals surface area contributed by atoms with Crippen LogP contribution in [0.4, 0.5) is 0 Å². The number of hydrogen-bond donors (Lipinski definition) is 2. The van der Waals surface area contributed by atoms with Gasteiger partial charge in [-0.3, -0.25) is 4.79 Å². The molecule has 1 amide bonds. The summed E-state index contributed by atoms with van der Waals surface area (Å²) in [6.07, 6.45) is -0.553. The second-order valence-electron chi connectivity index (χ2n) is 5.18. The average Bonchev–Trinajstić information content (AvgIpc) is 2.61. The minimum absolute atomic E-state index is 0.419. The normalized spacial score (nSPS) is 11.7. The summed E-state index contributed by atoms with van der Waals surface area (Å²) in [5.41, 5.74) is 1.56. The molecule has 5 nitrogen and oxygen atoms in total. The van der Waals surface area contributed by atoms with Crippen molar-refractivity contribution in [3.63, 3.8) is 0 Å². The first kappa shape index (κ1) is 18.3. The third-order valence-electron chi connectivity index (χ3n) is 3.59. The van der Waals surface area contributed by atoms with E-state index in [1.54, 1.807) is 38.5 Å². The van der Waals surface area contributed by atoms with Gasteiger partial charge in [-0.15, -0.1) is 0 Å². The highest BCUT2D eigenvalue weighted by atomic mass is 79.9. The van der Waals surface area contributed by atoms with Crippen LogP contribution in [0.2, 0.25) is 0 Å². The van der Waals surface area contributed by atoms with Crippen molar-refractivity contribution in [3.8, 4) is 11.5 Å². The van der Waals surface area contributed by atoms with Crippen LogP contribution in [0.3, 0.4) is 0 Å². The molecule has 2 aromatic rings. The van der Waals surface area contributed by atoms with Gasteiger partial charge in [0.1, 0.15) is 0 Å². The summed E-state index contributed by atoms with van der Waals surface area (Å²) in [6.45, 7) is 0.419. The summed E-state index contributed by atoms with van der Waals surface area (Å²) in [6, 6.07) is 12.6. The van der Waals surface area contributed by atoms with Gasteiger partial charge in [-0.25, -0.2) is 0 Å². The fraction of sp³-hybridized carbons (Fsp3) is 0.278. The number of aliphatic hydroxyl groups is 1. The molecule has 2 aromatic carbocycles. The maximum atomic E-state index is 12.0. The zero-order chi connectivity index (χ0) is 17.5. The lowest BCUT2D eigenvalue weighted by molar-refractivity contribution is -0.129. The minimum Gasteiger partial charge on any atom is -0.493 e. The van der Waals surface area contributed by atoms with Gasteiger partial charge in [0.25, 0.3) is 5.91 Å². The molecule has 24 heavy (non-hydrogen) atoms.